The summed E-state index contributed by atoms with van der Waals surface area (Å²) in [4.78, 5) is 12.7. The number of halogens is 2. The predicted molar refractivity (Wildman–Crippen MR) is 126 cm³/mol. The summed E-state index contributed by atoms with van der Waals surface area (Å²) in [7, 11) is 4.09. The molecule has 1 unspecified atom stereocenters. The zero-order valence-electron chi connectivity index (χ0n) is 17.3. The fourth-order valence-electron chi connectivity index (χ4n) is 3.77. The van der Waals surface area contributed by atoms with Crippen molar-refractivity contribution in [1.29, 1.82) is 5.41 Å². The largest absolute Gasteiger partial charge is 0.383 e. The third kappa shape index (κ3) is 5.69. The molecule has 1 atom stereocenters. The number of likely N-dealkylation sites (N-methyl/N-ethyl adjacent to an activating group) is 1. The minimum absolute atomic E-state index is 0.0220. The third-order valence-electron chi connectivity index (χ3n) is 5.38. The van der Waals surface area contributed by atoms with Crippen molar-refractivity contribution >= 4 is 43.8 Å². The first-order chi connectivity index (χ1) is 14.4. The van der Waals surface area contributed by atoms with Crippen LogP contribution in [0.3, 0.4) is 0 Å². The smallest absolute Gasteiger partial charge is 0.144 e. The molecule has 3 N–H and O–H groups in total. The van der Waals surface area contributed by atoms with Gasteiger partial charge in [-0.05, 0) is 66.5 Å². The molecule has 2 aromatic rings. The number of piperidine rings is 1. The molecular formula is C21H28BrClN6O. The molecule has 0 bridgehead atoms. The van der Waals surface area contributed by atoms with E-state index in [2.05, 4.69) is 47.8 Å². The van der Waals surface area contributed by atoms with E-state index < -0.39 is 0 Å². The van der Waals surface area contributed by atoms with E-state index in [-0.39, 0.29) is 10.7 Å². The standard InChI is InChI=1S/C21H28BrClN6O/c1-28(2)11-12-30-18(14-3-5-16(23)6-4-14)15-7-9-29(10-8-15)21-17(19(22)24)20(25)26-13-27-21/h3-6,13,15,18,24H,7-12H2,1-2H3,(H2,25,26,27). The lowest BCUT2D eigenvalue weighted by atomic mass is 9.87. The summed E-state index contributed by atoms with van der Waals surface area (Å²) in [5, 5.41) is 8.71. The van der Waals surface area contributed by atoms with Crippen molar-refractivity contribution in [2.24, 2.45) is 5.92 Å². The second-order valence-electron chi connectivity index (χ2n) is 7.74. The van der Waals surface area contributed by atoms with E-state index in [4.69, 9.17) is 27.5 Å². The number of nitrogens with one attached hydrogen (secondary N) is 1. The van der Waals surface area contributed by atoms with Crippen molar-refractivity contribution in [3.05, 3.63) is 46.7 Å². The van der Waals surface area contributed by atoms with Crippen LogP contribution in [0.2, 0.25) is 5.02 Å². The fourth-order valence-corrected chi connectivity index (χ4v) is 4.28. The number of hydrogen-bond acceptors (Lipinski definition) is 7. The van der Waals surface area contributed by atoms with Crippen LogP contribution in [0.4, 0.5) is 11.6 Å². The summed E-state index contributed by atoms with van der Waals surface area (Å²) < 4.78 is 6.55. The Morgan fingerprint density at radius 3 is 2.57 bits per heavy atom. The number of nitrogens with two attached hydrogens (primary N) is 1. The summed E-state index contributed by atoms with van der Waals surface area (Å²) >= 11 is 9.31. The number of hydrogen-bond donors (Lipinski definition) is 2. The lowest BCUT2D eigenvalue weighted by molar-refractivity contribution is -0.00306. The van der Waals surface area contributed by atoms with E-state index in [0.29, 0.717) is 29.7 Å². The molecule has 1 aromatic carbocycles. The van der Waals surface area contributed by atoms with E-state index in [1.165, 1.54) is 6.33 Å². The number of ether oxygens (including phenoxy) is 1. The summed E-state index contributed by atoms with van der Waals surface area (Å²) in [6.07, 6.45) is 3.38. The number of aromatic nitrogens is 2. The summed E-state index contributed by atoms with van der Waals surface area (Å²) in [6, 6.07) is 7.96. The first kappa shape index (κ1) is 22.9. The van der Waals surface area contributed by atoms with E-state index in [1.807, 2.05) is 26.2 Å². The van der Waals surface area contributed by atoms with Crippen LogP contribution in [-0.2, 0) is 4.74 Å². The monoisotopic (exact) mass is 494 g/mol. The first-order valence-corrected chi connectivity index (χ1v) is 11.2. The molecule has 1 aliphatic heterocycles. The molecule has 2 heterocycles. The quantitative estimate of drug-likeness (QED) is 0.539. The molecule has 1 aliphatic rings. The van der Waals surface area contributed by atoms with Crippen molar-refractivity contribution in [2.45, 2.75) is 18.9 Å². The Morgan fingerprint density at radius 1 is 1.30 bits per heavy atom. The van der Waals surface area contributed by atoms with Gasteiger partial charge in [-0.1, -0.05) is 23.7 Å². The van der Waals surface area contributed by atoms with Gasteiger partial charge in [-0.2, -0.15) is 0 Å². The Balaban J connectivity index is 1.73. The highest BCUT2D eigenvalue weighted by Gasteiger charge is 2.30. The molecule has 0 radical (unpaired) electrons. The van der Waals surface area contributed by atoms with Gasteiger partial charge in [0.1, 0.15) is 22.6 Å². The van der Waals surface area contributed by atoms with Crippen LogP contribution in [0.25, 0.3) is 0 Å². The molecule has 7 nitrogen and oxygen atoms in total. The highest BCUT2D eigenvalue weighted by Crippen LogP contribution is 2.36. The molecule has 0 aliphatic carbocycles. The molecule has 9 heteroatoms. The molecule has 30 heavy (non-hydrogen) atoms. The molecule has 1 aromatic heterocycles. The topological polar surface area (TPSA) is 91.4 Å². The average Bonchev–Trinajstić information content (AvgIpc) is 2.72. The number of anilines is 2. The highest BCUT2D eigenvalue weighted by atomic mass is 79.9. The van der Waals surface area contributed by atoms with Gasteiger partial charge in [-0.25, -0.2) is 9.97 Å². The molecule has 162 valence electrons. The molecule has 0 amide bonds. The Labute approximate surface area is 191 Å². The third-order valence-corrected chi connectivity index (χ3v) is 6.03. The number of benzene rings is 1. The lowest BCUT2D eigenvalue weighted by Crippen LogP contribution is -2.38. The first-order valence-electron chi connectivity index (χ1n) is 9.98. The van der Waals surface area contributed by atoms with E-state index in [1.54, 1.807) is 0 Å². The zero-order chi connectivity index (χ0) is 21.7. The van der Waals surface area contributed by atoms with Gasteiger partial charge in [0.25, 0.3) is 0 Å². The number of nitrogen functional groups attached to an aromatic ring is 1. The van der Waals surface area contributed by atoms with Gasteiger partial charge >= 0.3 is 0 Å². The number of nitrogens with zero attached hydrogens (tertiary/aromatic N) is 4. The molecule has 1 saturated heterocycles. The van der Waals surface area contributed by atoms with Crippen molar-refractivity contribution in [1.82, 2.24) is 14.9 Å². The van der Waals surface area contributed by atoms with Crippen molar-refractivity contribution in [2.75, 3.05) is 51.0 Å². The highest BCUT2D eigenvalue weighted by molar-refractivity contribution is 9.18. The second-order valence-corrected chi connectivity index (χ2v) is 8.97. The zero-order valence-corrected chi connectivity index (χ0v) is 19.7. The van der Waals surface area contributed by atoms with Crippen LogP contribution in [0, 0.1) is 11.3 Å². The molecule has 0 spiro atoms. The second kappa shape index (κ2) is 10.5. The van der Waals surface area contributed by atoms with E-state index in [0.717, 1.165) is 43.1 Å². The normalized spacial score (nSPS) is 16.1. The maximum atomic E-state index is 7.98. The summed E-state index contributed by atoms with van der Waals surface area (Å²) in [5.74, 6) is 1.41. The van der Waals surface area contributed by atoms with Gasteiger partial charge in [0.05, 0.1) is 18.3 Å². The van der Waals surface area contributed by atoms with Gasteiger partial charge in [-0.15, -0.1) is 0 Å². The van der Waals surface area contributed by atoms with Crippen molar-refractivity contribution in [3.63, 3.8) is 0 Å². The molecule has 1 fully saturated rings. The molecule has 0 saturated carbocycles. The van der Waals surface area contributed by atoms with Gasteiger partial charge in [0, 0.05) is 24.7 Å². The van der Waals surface area contributed by atoms with Crippen LogP contribution in [0.1, 0.15) is 30.1 Å². The van der Waals surface area contributed by atoms with Crippen LogP contribution in [0.5, 0.6) is 0 Å². The Bertz CT molecular complexity index is 855. The minimum Gasteiger partial charge on any atom is -0.383 e. The van der Waals surface area contributed by atoms with Crippen LogP contribution >= 0.6 is 27.5 Å². The molecule has 3 rings (SSSR count). The maximum Gasteiger partial charge on any atom is 0.144 e. The molecular weight excluding hydrogens is 468 g/mol. The fraction of sp³-hybridized carbons (Fsp3) is 0.476. The van der Waals surface area contributed by atoms with Crippen LogP contribution < -0.4 is 10.6 Å². The maximum absolute atomic E-state index is 7.98. The number of rotatable bonds is 8. The predicted octanol–water partition coefficient (Wildman–Crippen LogP) is 3.97. The SMILES string of the molecule is CN(C)CCOC(c1ccc(Cl)cc1)C1CCN(c2ncnc(N)c2C(=N)Br)CC1. The van der Waals surface area contributed by atoms with Crippen molar-refractivity contribution in [3.8, 4) is 0 Å². The summed E-state index contributed by atoms with van der Waals surface area (Å²) in [6.45, 7) is 3.18. The van der Waals surface area contributed by atoms with Crippen molar-refractivity contribution < 1.29 is 4.74 Å². The Hall–Kier alpha value is -1.74. The van der Waals surface area contributed by atoms with E-state index in [9.17, 15) is 0 Å². The van der Waals surface area contributed by atoms with Gasteiger partial charge in [0.15, 0.2) is 0 Å². The van der Waals surface area contributed by atoms with Gasteiger partial charge in [-0.3, -0.25) is 5.41 Å². The Morgan fingerprint density at radius 2 is 1.97 bits per heavy atom. The van der Waals surface area contributed by atoms with Gasteiger partial charge in [0.2, 0.25) is 0 Å². The average molecular weight is 496 g/mol. The lowest BCUT2D eigenvalue weighted by Gasteiger charge is -2.37. The minimum atomic E-state index is 0.0220. The summed E-state index contributed by atoms with van der Waals surface area (Å²) in [5.41, 5.74) is 7.70. The van der Waals surface area contributed by atoms with E-state index >= 15 is 0 Å². The van der Waals surface area contributed by atoms with Crippen LogP contribution in [-0.4, -0.2) is 59.8 Å². The Kier molecular flexibility index (Phi) is 8.05. The van der Waals surface area contributed by atoms with Gasteiger partial charge < -0.3 is 20.3 Å². The van der Waals surface area contributed by atoms with Crippen LogP contribution in [0.15, 0.2) is 30.6 Å².